The molecule has 0 N–H and O–H groups in total. The van der Waals surface area contributed by atoms with E-state index in [4.69, 9.17) is 0 Å². The number of hydrogen-bond donors (Lipinski definition) is 0. The largest absolute Gasteiger partial charge is 0.0851 e. The van der Waals surface area contributed by atoms with Gasteiger partial charge in [0.25, 0.3) is 0 Å². The molecule has 0 aliphatic carbocycles. The molecule has 0 saturated heterocycles. The summed E-state index contributed by atoms with van der Waals surface area (Å²) in [5.74, 6) is 12.3. The molecular formula is C10H2I6. The Morgan fingerprint density at radius 3 is 1.19 bits per heavy atom. The maximum absolute atomic E-state index is 3.08. The van der Waals surface area contributed by atoms with E-state index in [0.717, 1.165) is 14.3 Å². The Morgan fingerprint density at radius 2 is 0.938 bits per heavy atom. The summed E-state index contributed by atoms with van der Waals surface area (Å²) in [7, 11) is 0. The molecular weight excluding hydrogens is 882 g/mol. The Bertz CT molecular complexity index is 417. The molecule has 84 valence electrons. The Hall–Kier alpha value is 2.72. The summed E-state index contributed by atoms with van der Waals surface area (Å²) in [6, 6.07) is 0. The summed E-state index contributed by atoms with van der Waals surface area (Å²) in [5.41, 5.74) is 0. The zero-order chi connectivity index (χ0) is 12.6. The van der Waals surface area contributed by atoms with Gasteiger partial charge in [-0.15, -0.1) is 0 Å². The van der Waals surface area contributed by atoms with Crippen LogP contribution < -0.4 is 0 Å². The fourth-order valence-corrected chi connectivity index (χ4v) is 1.51. The second-order valence-electron chi connectivity index (χ2n) is 2.04. The van der Waals surface area contributed by atoms with Crippen LogP contribution in [0.4, 0.5) is 0 Å². The van der Waals surface area contributed by atoms with E-state index in [1.807, 2.05) is 8.17 Å². The van der Waals surface area contributed by atoms with Gasteiger partial charge in [0, 0.05) is 0 Å². The molecule has 0 saturated carbocycles. The van der Waals surface area contributed by atoms with Gasteiger partial charge in [0.2, 0.25) is 0 Å². The zero-order valence-corrected chi connectivity index (χ0v) is 20.4. The Morgan fingerprint density at radius 1 is 0.625 bits per heavy atom. The number of rotatable bonds is 0. The molecule has 0 heterocycles. The maximum atomic E-state index is 3.08. The van der Waals surface area contributed by atoms with Crippen molar-refractivity contribution in [3.05, 3.63) is 22.5 Å². The normalized spacial score (nSPS) is 13.1. The smallest absolute Gasteiger partial charge is 0.0540 e. The molecule has 0 aromatic heterocycles. The van der Waals surface area contributed by atoms with Crippen molar-refractivity contribution in [2.24, 2.45) is 0 Å². The molecule has 0 rings (SSSR count). The van der Waals surface area contributed by atoms with Gasteiger partial charge >= 0.3 is 0 Å². The van der Waals surface area contributed by atoms with Gasteiger partial charge in [-0.25, -0.2) is 0 Å². The zero-order valence-electron chi connectivity index (χ0n) is 7.42. The lowest BCUT2D eigenvalue weighted by Gasteiger charge is -1.87. The minimum Gasteiger partial charge on any atom is -0.0540 e. The van der Waals surface area contributed by atoms with Crippen LogP contribution in [0.1, 0.15) is 0 Å². The van der Waals surface area contributed by atoms with Crippen LogP contribution in [-0.4, -0.2) is 0 Å². The summed E-state index contributed by atoms with van der Waals surface area (Å²) in [6.45, 7) is 0. The van der Waals surface area contributed by atoms with Gasteiger partial charge in [-0.3, -0.25) is 0 Å². The highest BCUT2D eigenvalue weighted by molar-refractivity contribution is 14.1. The van der Waals surface area contributed by atoms with Crippen molar-refractivity contribution >= 4 is 136 Å². The lowest BCUT2D eigenvalue weighted by molar-refractivity contribution is 2.04. The van der Waals surface area contributed by atoms with Crippen molar-refractivity contribution in [1.82, 2.24) is 0 Å². The number of hydrogen-bond acceptors (Lipinski definition) is 0. The third kappa shape index (κ3) is 9.62. The second kappa shape index (κ2) is 11.5. The van der Waals surface area contributed by atoms with E-state index >= 15 is 0 Å². The van der Waals surface area contributed by atoms with Crippen molar-refractivity contribution in [2.45, 2.75) is 0 Å². The van der Waals surface area contributed by atoms with Crippen LogP contribution in [0.5, 0.6) is 0 Å². The average Bonchev–Trinajstić information content (AvgIpc) is 2.31. The van der Waals surface area contributed by atoms with E-state index in [1.54, 1.807) is 0 Å². The van der Waals surface area contributed by atoms with Gasteiger partial charge in [0.1, 0.15) is 0 Å². The van der Waals surface area contributed by atoms with E-state index in [-0.39, 0.29) is 0 Å². The standard InChI is InChI=1S/C10H2I6/c11-5-7(13)1-3-9(15)10(16)4-2-8(14)6-12/h5-6H/b7-5-,8-6-,10-9+. The van der Waals surface area contributed by atoms with Crippen LogP contribution >= 0.6 is 136 Å². The fraction of sp³-hybridized carbons (Fsp3) is 0. The van der Waals surface area contributed by atoms with E-state index in [9.17, 15) is 0 Å². The first-order valence-corrected chi connectivity index (χ1v) is 10.3. The van der Waals surface area contributed by atoms with Crippen LogP contribution in [0.3, 0.4) is 0 Å². The van der Waals surface area contributed by atoms with Crippen LogP contribution in [0.2, 0.25) is 0 Å². The summed E-state index contributed by atoms with van der Waals surface area (Å²) in [5, 5.41) is 0. The van der Waals surface area contributed by atoms with Gasteiger partial charge < -0.3 is 0 Å². The van der Waals surface area contributed by atoms with E-state index in [2.05, 4.69) is 159 Å². The molecule has 0 aliphatic heterocycles. The monoisotopic (exact) mass is 883 g/mol. The van der Waals surface area contributed by atoms with E-state index < -0.39 is 0 Å². The number of allylic oxidation sites excluding steroid dienone is 4. The van der Waals surface area contributed by atoms with E-state index in [1.165, 1.54) is 0 Å². The molecule has 6 heteroatoms. The van der Waals surface area contributed by atoms with Crippen LogP contribution in [0, 0.1) is 23.7 Å². The predicted molar refractivity (Wildman–Crippen MR) is 123 cm³/mol. The molecule has 0 radical (unpaired) electrons. The first-order valence-electron chi connectivity index (χ1n) is 3.52. The highest BCUT2D eigenvalue weighted by atomic mass is 127. The van der Waals surface area contributed by atoms with Crippen molar-refractivity contribution < 1.29 is 0 Å². The average molecular weight is 884 g/mol. The second-order valence-corrected chi connectivity index (χ2v) is 7.77. The molecule has 0 amide bonds. The van der Waals surface area contributed by atoms with Crippen LogP contribution in [-0.2, 0) is 0 Å². The molecule has 16 heavy (non-hydrogen) atoms. The SMILES string of the molecule is I/C=C(\I)C#C/C(I)=C(\I)C#C/C(I)=C/I. The third-order valence-electron chi connectivity index (χ3n) is 0.968. The van der Waals surface area contributed by atoms with Gasteiger partial charge in [-0.1, -0.05) is 68.9 Å². The maximum Gasteiger partial charge on any atom is 0.0851 e. The molecule has 0 unspecified atom stereocenters. The van der Waals surface area contributed by atoms with Crippen molar-refractivity contribution in [3.8, 4) is 23.7 Å². The topological polar surface area (TPSA) is 0 Å². The van der Waals surface area contributed by atoms with Gasteiger partial charge in [-0.05, 0) is 98.5 Å². The molecule has 0 fully saturated rings. The molecule has 0 nitrogen and oxygen atoms in total. The minimum atomic E-state index is 0.982. The van der Waals surface area contributed by atoms with Crippen molar-refractivity contribution in [2.75, 3.05) is 0 Å². The predicted octanol–water partition coefficient (Wildman–Crippen LogP) is 6.50. The van der Waals surface area contributed by atoms with Gasteiger partial charge in [0.05, 0.1) is 14.3 Å². The Balaban J connectivity index is 4.95. The Kier molecular flexibility index (Phi) is 13.5. The summed E-state index contributed by atoms with van der Waals surface area (Å²) in [6.07, 6.45) is 0. The van der Waals surface area contributed by atoms with Gasteiger partial charge in [-0.2, -0.15) is 0 Å². The van der Waals surface area contributed by atoms with E-state index in [0.29, 0.717) is 0 Å². The third-order valence-corrected chi connectivity index (χ3v) is 8.41. The van der Waals surface area contributed by atoms with Crippen LogP contribution in [0.25, 0.3) is 0 Å². The first kappa shape index (κ1) is 18.7. The van der Waals surface area contributed by atoms with Crippen molar-refractivity contribution in [1.29, 1.82) is 0 Å². The minimum absolute atomic E-state index is 0.982. The lowest BCUT2D eigenvalue weighted by atomic mass is 10.4. The summed E-state index contributed by atoms with van der Waals surface area (Å²) >= 11 is 13.2. The molecule has 0 aliphatic rings. The quantitative estimate of drug-likeness (QED) is 0.193. The molecule has 0 atom stereocenters. The Labute approximate surface area is 178 Å². The molecule has 0 aromatic rings. The highest BCUT2D eigenvalue weighted by Crippen LogP contribution is 2.19. The summed E-state index contributed by atoms with van der Waals surface area (Å²) in [4.78, 5) is 0. The lowest BCUT2D eigenvalue weighted by Crippen LogP contribution is -1.70. The molecule has 0 spiro atoms. The summed E-state index contributed by atoms with van der Waals surface area (Å²) < 4.78 is 7.94. The molecule has 0 aromatic carbocycles. The van der Waals surface area contributed by atoms with Gasteiger partial charge in [0.15, 0.2) is 0 Å². The van der Waals surface area contributed by atoms with Crippen molar-refractivity contribution in [3.63, 3.8) is 0 Å². The first-order chi connectivity index (χ1) is 7.51. The molecule has 0 bridgehead atoms. The highest BCUT2D eigenvalue weighted by Gasteiger charge is 1.93. The fourth-order valence-electron chi connectivity index (χ4n) is 0.393. The number of halogens is 6. The van der Waals surface area contributed by atoms with Crippen LogP contribution in [0.15, 0.2) is 22.5 Å².